The van der Waals surface area contributed by atoms with Crippen LogP contribution in [-0.4, -0.2) is 48.3 Å². The number of nitrogens with one attached hydrogen (secondary N) is 1. The molecule has 102 valence electrons. The maximum atomic E-state index is 9.53. The van der Waals surface area contributed by atoms with Crippen LogP contribution >= 0.6 is 0 Å². The van der Waals surface area contributed by atoms with Crippen molar-refractivity contribution in [2.24, 2.45) is 5.41 Å². The zero-order valence-electron chi connectivity index (χ0n) is 12.0. The fraction of sp³-hybridized carbons (Fsp3) is 1.00. The number of likely N-dealkylation sites (tertiary alicyclic amines) is 1. The summed E-state index contributed by atoms with van der Waals surface area (Å²) in [4.78, 5) is 2.57. The van der Waals surface area contributed by atoms with Gasteiger partial charge in [0.15, 0.2) is 0 Å². The summed E-state index contributed by atoms with van der Waals surface area (Å²) in [5, 5.41) is 13.0. The van der Waals surface area contributed by atoms with Gasteiger partial charge >= 0.3 is 0 Å². The highest BCUT2D eigenvalue weighted by Crippen LogP contribution is 2.26. The average molecular weight is 242 g/mol. The number of aliphatic hydroxyl groups is 1. The van der Waals surface area contributed by atoms with Crippen LogP contribution in [0.4, 0.5) is 0 Å². The van der Waals surface area contributed by atoms with Gasteiger partial charge < -0.3 is 10.4 Å². The standard InChI is InChI=1S/C14H30N2O/c1-5-15-10-14(3,4)11-16-8-6-7-13(16)9-12(2)17/h12-13,15,17H,5-11H2,1-4H3. The third kappa shape index (κ3) is 5.36. The topological polar surface area (TPSA) is 35.5 Å². The van der Waals surface area contributed by atoms with Crippen LogP contribution in [-0.2, 0) is 0 Å². The molecule has 0 radical (unpaired) electrons. The molecular formula is C14H30N2O. The molecule has 2 unspecified atom stereocenters. The molecule has 0 aliphatic carbocycles. The van der Waals surface area contributed by atoms with Gasteiger partial charge in [0.05, 0.1) is 6.10 Å². The van der Waals surface area contributed by atoms with E-state index in [9.17, 15) is 5.11 Å². The molecule has 0 aromatic rings. The highest BCUT2D eigenvalue weighted by Gasteiger charge is 2.30. The molecule has 0 aromatic carbocycles. The van der Waals surface area contributed by atoms with Crippen LogP contribution in [0.2, 0.25) is 0 Å². The molecule has 1 aliphatic heterocycles. The quantitative estimate of drug-likeness (QED) is 0.715. The first-order chi connectivity index (χ1) is 7.94. The molecule has 0 aromatic heterocycles. The van der Waals surface area contributed by atoms with Crippen LogP contribution in [0, 0.1) is 5.41 Å². The number of rotatable bonds is 7. The van der Waals surface area contributed by atoms with E-state index >= 15 is 0 Å². The summed E-state index contributed by atoms with van der Waals surface area (Å²) < 4.78 is 0. The number of nitrogens with zero attached hydrogens (tertiary/aromatic N) is 1. The molecule has 2 N–H and O–H groups in total. The van der Waals surface area contributed by atoms with Gasteiger partial charge in [-0.05, 0) is 44.7 Å². The Morgan fingerprint density at radius 2 is 2.18 bits per heavy atom. The molecule has 0 amide bonds. The highest BCUT2D eigenvalue weighted by atomic mass is 16.3. The molecule has 3 heteroatoms. The molecule has 17 heavy (non-hydrogen) atoms. The second-order valence-electron chi connectivity index (χ2n) is 6.30. The molecule has 0 saturated carbocycles. The van der Waals surface area contributed by atoms with Gasteiger partial charge in [-0.1, -0.05) is 20.8 Å². The molecule has 0 bridgehead atoms. The van der Waals surface area contributed by atoms with Gasteiger partial charge in [0.25, 0.3) is 0 Å². The van der Waals surface area contributed by atoms with Crippen molar-refractivity contribution in [3.63, 3.8) is 0 Å². The smallest absolute Gasteiger partial charge is 0.0527 e. The van der Waals surface area contributed by atoms with Crippen molar-refractivity contribution in [1.29, 1.82) is 0 Å². The lowest BCUT2D eigenvalue weighted by atomic mass is 9.92. The van der Waals surface area contributed by atoms with Crippen molar-refractivity contribution in [3.05, 3.63) is 0 Å². The highest BCUT2D eigenvalue weighted by molar-refractivity contribution is 4.85. The van der Waals surface area contributed by atoms with E-state index in [-0.39, 0.29) is 6.10 Å². The van der Waals surface area contributed by atoms with E-state index in [1.807, 2.05) is 6.92 Å². The Balaban J connectivity index is 2.42. The molecule has 1 saturated heterocycles. The zero-order chi connectivity index (χ0) is 12.9. The summed E-state index contributed by atoms with van der Waals surface area (Å²) in [6, 6.07) is 0.593. The molecule has 1 aliphatic rings. The summed E-state index contributed by atoms with van der Waals surface area (Å²) in [6.45, 7) is 13.2. The summed E-state index contributed by atoms with van der Waals surface area (Å²) in [5.41, 5.74) is 0.317. The van der Waals surface area contributed by atoms with Crippen molar-refractivity contribution < 1.29 is 5.11 Å². The van der Waals surface area contributed by atoms with Gasteiger partial charge in [0.1, 0.15) is 0 Å². The van der Waals surface area contributed by atoms with Crippen LogP contribution in [0.25, 0.3) is 0 Å². The first kappa shape index (κ1) is 14.9. The van der Waals surface area contributed by atoms with Crippen LogP contribution < -0.4 is 5.32 Å². The van der Waals surface area contributed by atoms with E-state index in [1.54, 1.807) is 0 Å². The maximum Gasteiger partial charge on any atom is 0.0527 e. The summed E-state index contributed by atoms with van der Waals surface area (Å²) in [7, 11) is 0. The molecule has 3 nitrogen and oxygen atoms in total. The van der Waals surface area contributed by atoms with E-state index in [0.29, 0.717) is 11.5 Å². The summed E-state index contributed by atoms with van der Waals surface area (Å²) >= 11 is 0. The van der Waals surface area contributed by atoms with Gasteiger partial charge in [-0.15, -0.1) is 0 Å². The van der Waals surface area contributed by atoms with E-state index in [1.165, 1.54) is 19.4 Å². The Kier molecular flexibility index (Phi) is 5.90. The molecule has 2 atom stereocenters. The summed E-state index contributed by atoms with van der Waals surface area (Å²) in [5.74, 6) is 0. The minimum absolute atomic E-state index is 0.169. The molecule has 1 rings (SSSR count). The lowest BCUT2D eigenvalue weighted by molar-refractivity contribution is 0.108. The summed E-state index contributed by atoms with van der Waals surface area (Å²) in [6.07, 6.45) is 3.30. The Labute approximate surface area is 107 Å². The molecule has 1 fully saturated rings. The Hall–Kier alpha value is -0.120. The van der Waals surface area contributed by atoms with E-state index in [2.05, 4.69) is 31.0 Å². The van der Waals surface area contributed by atoms with E-state index < -0.39 is 0 Å². The third-order valence-corrected chi connectivity index (χ3v) is 3.60. The van der Waals surface area contributed by atoms with Gasteiger partial charge in [0, 0.05) is 19.1 Å². The van der Waals surface area contributed by atoms with Crippen LogP contribution in [0.15, 0.2) is 0 Å². The second-order valence-corrected chi connectivity index (χ2v) is 6.30. The van der Waals surface area contributed by atoms with Crippen molar-refractivity contribution in [3.8, 4) is 0 Å². The van der Waals surface area contributed by atoms with Gasteiger partial charge in [0.2, 0.25) is 0 Å². The molecule has 0 spiro atoms. The first-order valence-corrected chi connectivity index (χ1v) is 7.07. The fourth-order valence-electron chi connectivity index (χ4n) is 2.83. The van der Waals surface area contributed by atoms with Crippen molar-refractivity contribution in [1.82, 2.24) is 10.2 Å². The van der Waals surface area contributed by atoms with Gasteiger partial charge in [-0.25, -0.2) is 0 Å². The van der Waals surface area contributed by atoms with Crippen LogP contribution in [0.1, 0.15) is 47.0 Å². The molecule has 1 heterocycles. The monoisotopic (exact) mass is 242 g/mol. The largest absolute Gasteiger partial charge is 0.393 e. The Morgan fingerprint density at radius 1 is 1.47 bits per heavy atom. The molecular weight excluding hydrogens is 212 g/mol. The van der Waals surface area contributed by atoms with E-state index in [4.69, 9.17) is 0 Å². The van der Waals surface area contributed by atoms with Crippen molar-refractivity contribution >= 4 is 0 Å². The lowest BCUT2D eigenvalue weighted by Crippen LogP contribution is -2.43. The second kappa shape index (κ2) is 6.72. The number of hydrogen-bond acceptors (Lipinski definition) is 3. The SMILES string of the molecule is CCNCC(C)(C)CN1CCCC1CC(C)O. The maximum absolute atomic E-state index is 9.53. The zero-order valence-corrected chi connectivity index (χ0v) is 12.0. The minimum atomic E-state index is -0.169. The van der Waals surface area contributed by atoms with Crippen molar-refractivity contribution in [2.75, 3.05) is 26.2 Å². The predicted molar refractivity (Wildman–Crippen MR) is 73.2 cm³/mol. The number of hydrogen-bond donors (Lipinski definition) is 2. The third-order valence-electron chi connectivity index (χ3n) is 3.60. The first-order valence-electron chi connectivity index (χ1n) is 7.07. The predicted octanol–water partition coefficient (Wildman–Crippen LogP) is 1.86. The fourth-order valence-corrected chi connectivity index (χ4v) is 2.83. The van der Waals surface area contributed by atoms with Crippen LogP contribution in [0.3, 0.4) is 0 Å². The van der Waals surface area contributed by atoms with Gasteiger partial charge in [-0.3, -0.25) is 4.90 Å². The lowest BCUT2D eigenvalue weighted by Gasteiger charge is -2.34. The average Bonchev–Trinajstić information content (AvgIpc) is 2.61. The van der Waals surface area contributed by atoms with Crippen LogP contribution in [0.5, 0.6) is 0 Å². The minimum Gasteiger partial charge on any atom is -0.393 e. The van der Waals surface area contributed by atoms with E-state index in [0.717, 1.165) is 26.1 Å². The normalized spacial score (nSPS) is 24.2. The Morgan fingerprint density at radius 3 is 2.76 bits per heavy atom. The van der Waals surface area contributed by atoms with Crippen molar-refractivity contribution in [2.45, 2.75) is 59.1 Å². The Bertz CT molecular complexity index is 216. The van der Waals surface area contributed by atoms with Gasteiger partial charge in [-0.2, -0.15) is 0 Å². The number of aliphatic hydroxyl groups excluding tert-OH is 1.